The normalized spacial score (nSPS) is 17.4. The average molecular weight is 439 g/mol. The second kappa shape index (κ2) is 9.22. The Morgan fingerprint density at radius 2 is 2.19 bits per heavy atom. The third-order valence-corrected chi connectivity index (χ3v) is 6.07. The molecule has 0 saturated heterocycles. The highest BCUT2D eigenvalue weighted by atomic mass is 32.1. The minimum atomic E-state index is -0.589. The molecule has 1 atom stereocenters. The third kappa shape index (κ3) is 5.05. The zero-order valence-electron chi connectivity index (χ0n) is 17.0. The van der Waals surface area contributed by atoms with Crippen LogP contribution in [0.15, 0.2) is 40.7 Å². The lowest BCUT2D eigenvalue weighted by Crippen LogP contribution is -2.36. The maximum absolute atomic E-state index is 12.7. The molecule has 160 valence electrons. The predicted molar refractivity (Wildman–Crippen MR) is 117 cm³/mol. The van der Waals surface area contributed by atoms with Crippen molar-refractivity contribution >= 4 is 40.4 Å². The van der Waals surface area contributed by atoms with Gasteiger partial charge in [0.1, 0.15) is 5.75 Å². The molecule has 0 bridgehead atoms. The zero-order valence-corrected chi connectivity index (χ0v) is 17.9. The first-order chi connectivity index (χ1) is 15.0. The number of amides is 3. The van der Waals surface area contributed by atoms with Crippen molar-refractivity contribution in [2.24, 2.45) is 10.9 Å². The van der Waals surface area contributed by atoms with Gasteiger partial charge < -0.3 is 15.0 Å². The van der Waals surface area contributed by atoms with Gasteiger partial charge in [-0.3, -0.25) is 14.4 Å². The highest BCUT2D eigenvalue weighted by molar-refractivity contribution is 7.13. The number of nitrogens with zero attached hydrogens (tertiary/aromatic N) is 3. The molecule has 1 unspecified atom stereocenters. The minimum absolute atomic E-state index is 0.0910. The summed E-state index contributed by atoms with van der Waals surface area (Å²) < 4.78 is 5.27. The zero-order chi connectivity index (χ0) is 21.8. The van der Waals surface area contributed by atoms with Crippen LogP contribution >= 0.6 is 11.3 Å². The molecule has 0 aliphatic carbocycles. The van der Waals surface area contributed by atoms with Gasteiger partial charge in [0, 0.05) is 37.2 Å². The number of fused-ring (bicyclic) bond motifs is 1. The number of aromatic nitrogens is 1. The summed E-state index contributed by atoms with van der Waals surface area (Å²) in [6, 6.07) is 5.98. The van der Waals surface area contributed by atoms with Gasteiger partial charge in [0.2, 0.25) is 11.8 Å². The van der Waals surface area contributed by atoms with Crippen LogP contribution in [0.1, 0.15) is 23.2 Å². The maximum atomic E-state index is 12.7. The second-order valence-electron chi connectivity index (χ2n) is 7.33. The lowest BCUT2D eigenvalue weighted by atomic mass is 9.99. The van der Waals surface area contributed by atoms with Crippen LogP contribution in [-0.2, 0) is 33.8 Å². The van der Waals surface area contributed by atoms with E-state index in [1.807, 2.05) is 28.5 Å². The number of carbonyl (C=O) groups excluding carboxylic acids is 3. The molecule has 2 aromatic rings. The number of carbonyl (C=O) groups is 3. The first-order valence-corrected chi connectivity index (χ1v) is 10.8. The fourth-order valence-electron chi connectivity index (χ4n) is 3.52. The number of aliphatic imine (C=N–C) groups is 1. The Morgan fingerprint density at radius 3 is 2.97 bits per heavy atom. The number of dihydropyridines is 1. The van der Waals surface area contributed by atoms with Gasteiger partial charge in [0.05, 0.1) is 18.7 Å². The molecule has 1 aromatic carbocycles. The maximum Gasteiger partial charge on any atom is 0.269 e. The average Bonchev–Trinajstić information content (AvgIpc) is 3.24. The van der Waals surface area contributed by atoms with Gasteiger partial charge in [-0.05, 0) is 36.1 Å². The second-order valence-corrected chi connectivity index (χ2v) is 8.19. The molecule has 1 N–H and O–H groups in total. The highest BCUT2D eigenvalue weighted by Gasteiger charge is 2.22. The Hall–Kier alpha value is -3.33. The number of hydrogen-bond donors (Lipinski definition) is 1. The van der Waals surface area contributed by atoms with Crippen LogP contribution in [0.5, 0.6) is 5.75 Å². The van der Waals surface area contributed by atoms with Crippen LogP contribution < -0.4 is 10.1 Å². The first-order valence-electron chi connectivity index (χ1n) is 9.97. The minimum Gasteiger partial charge on any atom is -0.497 e. The van der Waals surface area contributed by atoms with Crippen molar-refractivity contribution in [1.82, 2.24) is 9.88 Å². The number of benzene rings is 1. The van der Waals surface area contributed by atoms with E-state index >= 15 is 0 Å². The number of ether oxygens (including phenoxy) is 1. The van der Waals surface area contributed by atoms with Crippen LogP contribution in [0, 0.1) is 5.92 Å². The smallest absolute Gasteiger partial charge is 0.269 e. The summed E-state index contributed by atoms with van der Waals surface area (Å²) in [6.07, 6.45) is 5.79. The molecule has 2 aliphatic rings. The van der Waals surface area contributed by atoms with Gasteiger partial charge in [-0.1, -0.05) is 12.1 Å². The predicted octanol–water partition coefficient (Wildman–Crippen LogP) is 2.39. The summed E-state index contributed by atoms with van der Waals surface area (Å²) in [6.45, 7) is 1.30. The van der Waals surface area contributed by atoms with Gasteiger partial charge in [-0.15, -0.1) is 11.3 Å². The molecule has 8 nitrogen and oxygen atoms in total. The molecule has 3 amide bonds. The van der Waals surface area contributed by atoms with Crippen LogP contribution in [0.4, 0.5) is 5.13 Å². The van der Waals surface area contributed by atoms with Gasteiger partial charge >= 0.3 is 0 Å². The van der Waals surface area contributed by atoms with Gasteiger partial charge in [-0.2, -0.15) is 0 Å². The van der Waals surface area contributed by atoms with E-state index in [0.717, 1.165) is 23.4 Å². The molecule has 3 heterocycles. The molecular weight excluding hydrogens is 416 g/mol. The number of aryl methyl sites for hydroxylation is 1. The van der Waals surface area contributed by atoms with E-state index in [1.54, 1.807) is 7.11 Å². The molecule has 0 radical (unpaired) electrons. The monoisotopic (exact) mass is 438 g/mol. The summed E-state index contributed by atoms with van der Waals surface area (Å²) in [5.74, 6) is -0.331. The van der Waals surface area contributed by atoms with Gasteiger partial charge in [0.25, 0.3) is 5.91 Å². The number of methoxy groups -OCH3 is 1. The lowest BCUT2D eigenvalue weighted by Gasteiger charge is -2.29. The molecule has 31 heavy (non-hydrogen) atoms. The van der Waals surface area contributed by atoms with E-state index in [9.17, 15) is 14.4 Å². The number of nitrogens with one attached hydrogen (secondary N) is 1. The van der Waals surface area contributed by atoms with Gasteiger partial charge in [0.15, 0.2) is 5.13 Å². The van der Waals surface area contributed by atoms with Crippen molar-refractivity contribution < 1.29 is 19.1 Å². The third-order valence-electron chi connectivity index (χ3n) is 5.27. The van der Waals surface area contributed by atoms with Crippen LogP contribution in [-0.4, -0.2) is 47.5 Å². The van der Waals surface area contributed by atoms with Gasteiger partial charge in [-0.25, -0.2) is 9.98 Å². The van der Waals surface area contributed by atoms with E-state index in [-0.39, 0.29) is 17.7 Å². The van der Waals surface area contributed by atoms with E-state index in [4.69, 9.17) is 4.74 Å². The fourth-order valence-corrected chi connectivity index (χ4v) is 4.27. The summed E-state index contributed by atoms with van der Waals surface area (Å²) in [5, 5.41) is 5.03. The van der Waals surface area contributed by atoms with E-state index < -0.39 is 5.92 Å². The number of hydrogen-bond acceptors (Lipinski definition) is 6. The first kappa shape index (κ1) is 20.9. The Bertz CT molecular complexity index is 1060. The van der Waals surface area contributed by atoms with E-state index in [0.29, 0.717) is 31.1 Å². The van der Waals surface area contributed by atoms with Crippen molar-refractivity contribution in [3.05, 3.63) is 52.6 Å². The SMILES string of the molecule is COc1ccc2c(c1)CCN(C(=O)CCc1csc(NC(=O)C3C=CC(=O)N=C3)n1)C2. The molecule has 0 fully saturated rings. The lowest BCUT2D eigenvalue weighted by molar-refractivity contribution is -0.132. The number of anilines is 1. The summed E-state index contributed by atoms with van der Waals surface area (Å²) in [7, 11) is 1.65. The van der Waals surface area contributed by atoms with Crippen LogP contribution in [0.2, 0.25) is 0 Å². The molecule has 0 saturated carbocycles. The van der Waals surface area contributed by atoms with Crippen molar-refractivity contribution in [3.8, 4) is 5.75 Å². The fraction of sp³-hybridized carbons (Fsp3) is 0.318. The van der Waals surface area contributed by atoms with E-state index in [1.165, 1.54) is 35.3 Å². The number of thiazole rings is 1. The quantitative estimate of drug-likeness (QED) is 0.746. The molecule has 0 spiro atoms. The Labute approximate surface area is 183 Å². The largest absolute Gasteiger partial charge is 0.497 e. The Balaban J connectivity index is 1.28. The standard InChI is InChI=1S/C22H22N4O4S/c1-30-18-5-2-16-12-26(9-8-14(16)10-18)20(28)7-4-17-13-31-22(24-17)25-21(29)15-3-6-19(27)23-11-15/h2-3,5-6,10-11,13,15H,4,7-9,12H2,1H3,(H,24,25,29). The summed E-state index contributed by atoms with van der Waals surface area (Å²) >= 11 is 1.31. The van der Waals surface area contributed by atoms with Crippen molar-refractivity contribution in [2.45, 2.75) is 25.8 Å². The number of rotatable bonds is 6. The molecule has 1 aromatic heterocycles. The molecule has 4 rings (SSSR count). The highest BCUT2D eigenvalue weighted by Crippen LogP contribution is 2.24. The van der Waals surface area contributed by atoms with E-state index in [2.05, 4.69) is 15.3 Å². The Kier molecular flexibility index (Phi) is 6.22. The van der Waals surface area contributed by atoms with Crippen molar-refractivity contribution in [2.75, 3.05) is 19.0 Å². The molecule has 2 aliphatic heterocycles. The summed E-state index contributed by atoms with van der Waals surface area (Å²) in [5.41, 5.74) is 3.14. The topological polar surface area (TPSA) is 101 Å². The molecule has 9 heteroatoms. The Morgan fingerprint density at radius 1 is 1.32 bits per heavy atom. The van der Waals surface area contributed by atoms with Crippen molar-refractivity contribution in [3.63, 3.8) is 0 Å². The summed E-state index contributed by atoms with van der Waals surface area (Å²) in [4.78, 5) is 45.9. The van der Waals surface area contributed by atoms with Crippen LogP contribution in [0.25, 0.3) is 0 Å². The van der Waals surface area contributed by atoms with Crippen LogP contribution in [0.3, 0.4) is 0 Å². The molecular formula is C22H22N4O4S. The van der Waals surface area contributed by atoms with Crippen molar-refractivity contribution in [1.29, 1.82) is 0 Å².